The lowest BCUT2D eigenvalue weighted by molar-refractivity contribution is -0.138. The Kier molecular flexibility index (Phi) is 6.53. The fourth-order valence-electron chi connectivity index (χ4n) is 4.57. The highest BCUT2D eigenvalue weighted by atomic mass is 19.4. The number of carbonyl (C=O) groups excluding carboxylic acids is 1. The smallest absolute Gasteiger partial charge is 0.416 e. The quantitative estimate of drug-likeness (QED) is 0.699. The number of H-pyrrole nitrogens is 1. The molecule has 31 heavy (non-hydrogen) atoms. The molecule has 0 spiro atoms. The summed E-state index contributed by atoms with van der Waals surface area (Å²) in [6.07, 6.45) is 2.60. The summed E-state index contributed by atoms with van der Waals surface area (Å²) in [5.74, 6) is 0.909. The van der Waals surface area contributed by atoms with Gasteiger partial charge in [-0.05, 0) is 43.5 Å². The largest absolute Gasteiger partial charge is 0.493 e. The molecule has 1 saturated carbocycles. The second kappa shape index (κ2) is 9.32. The van der Waals surface area contributed by atoms with Crippen LogP contribution >= 0.6 is 0 Å². The highest BCUT2D eigenvalue weighted by molar-refractivity contribution is 5.79. The predicted octanol–water partition coefficient (Wildman–Crippen LogP) is 4.95. The van der Waals surface area contributed by atoms with E-state index in [1.807, 2.05) is 11.0 Å². The molecule has 8 heteroatoms. The number of nitrogens with zero attached hydrogens (tertiary/aromatic N) is 2. The zero-order valence-electron chi connectivity index (χ0n) is 17.5. The molecule has 4 rings (SSSR count). The lowest BCUT2D eigenvalue weighted by Crippen LogP contribution is -2.35. The van der Waals surface area contributed by atoms with E-state index < -0.39 is 11.7 Å². The normalized spacial score (nSPS) is 20.2. The topological polar surface area (TPSA) is 58.2 Å². The van der Waals surface area contributed by atoms with Crippen LogP contribution in [0.2, 0.25) is 0 Å². The number of amides is 1. The third-order valence-electron chi connectivity index (χ3n) is 6.32. The highest BCUT2D eigenvalue weighted by Crippen LogP contribution is 2.32. The first-order chi connectivity index (χ1) is 14.9. The number of aromatic nitrogens is 2. The van der Waals surface area contributed by atoms with Gasteiger partial charge in [-0.3, -0.25) is 9.89 Å². The van der Waals surface area contributed by atoms with Gasteiger partial charge in [0.15, 0.2) is 0 Å². The number of likely N-dealkylation sites (tertiary alicyclic amines) is 1. The predicted molar refractivity (Wildman–Crippen MR) is 110 cm³/mol. The second-order valence-corrected chi connectivity index (χ2v) is 8.55. The number of aromatic amines is 1. The Morgan fingerprint density at radius 3 is 2.74 bits per heavy atom. The Hall–Kier alpha value is -2.51. The monoisotopic (exact) mass is 435 g/mol. The van der Waals surface area contributed by atoms with Gasteiger partial charge in [0.05, 0.1) is 17.9 Å². The van der Waals surface area contributed by atoms with Crippen molar-refractivity contribution in [2.45, 2.75) is 57.0 Å². The standard InChI is InChI=1S/C23H28F3N3O2/c24-23(25,26)18-7-4-8-20(13-18)31-12-10-19-14-21(28-27-19)17-9-11-29(15-17)22(30)16-5-2-1-3-6-16/h4,7-8,13-14,16-17H,1-3,5-6,9-12,15H2,(H,27,28). The van der Waals surface area contributed by atoms with Crippen LogP contribution < -0.4 is 4.74 Å². The van der Waals surface area contributed by atoms with Crippen molar-refractivity contribution in [3.05, 3.63) is 47.3 Å². The zero-order valence-corrected chi connectivity index (χ0v) is 17.5. The Bertz CT molecular complexity index is 890. The first-order valence-electron chi connectivity index (χ1n) is 11.0. The number of rotatable bonds is 6. The van der Waals surface area contributed by atoms with E-state index in [9.17, 15) is 18.0 Å². The summed E-state index contributed by atoms with van der Waals surface area (Å²) in [7, 11) is 0. The fourth-order valence-corrected chi connectivity index (χ4v) is 4.57. The van der Waals surface area contributed by atoms with Crippen LogP contribution in [0.3, 0.4) is 0 Å². The summed E-state index contributed by atoms with van der Waals surface area (Å²) in [5, 5.41) is 7.41. The number of hydrogen-bond donors (Lipinski definition) is 1. The molecule has 1 unspecified atom stereocenters. The van der Waals surface area contributed by atoms with Gasteiger partial charge in [-0.25, -0.2) is 0 Å². The number of alkyl halides is 3. The molecule has 1 aliphatic carbocycles. The highest BCUT2D eigenvalue weighted by Gasteiger charge is 2.33. The molecule has 1 aromatic carbocycles. The van der Waals surface area contributed by atoms with Gasteiger partial charge in [-0.1, -0.05) is 25.3 Å². The molecule has 168 valence electrons. The molecular weight excluding hydrogens is 407 g/mol. The van der Waals surface area contributed by atoms with Crippen molar-refractivity contribution in [3.8, 4) is 5.75 Å². The van der Waals surface area contributed by atoms with Crippen molar-refractivity contribution >= 4 is 5.91 Å². The molecule has 5 nitrogen and oxygen atoms in total. The van der Waals surface area contributed by atoms with E-state index in [0.29, 0.717) is 18.9 Å². The lowest BCUT2D eigenvalue weighted by atomic mass is 9.88. The van der Waals surface area contributed by atoms with Gasteiger partial charge >= 0.3 is 6.18 Å². The van der Waals surface area contributed by atoms with Gasteiger partial charge in [-0.15, -0.1) is 0 Å². The van der Waals surface area contributed by atoms with Crippen LogP contribution in [0.25, 0.3) is 0 Å². The Balaban J connectivity index is 1.27. The maximum absolute atomic E-state index is 12.8. The summed E-state index contributed by atoms with van der Waals surface area (Å²) < 4.78 is 43.9. The van der Waals surface area contributed by atoms with E-state index in [-0.39, 0.29) is 24.2 Å². The Morgan fingerprint density at radius 1 is 1.16 bits per heavy atom. The molecule has 2 fully saturated rings. The summed E-state index contributed by atoms with van der Waals surface area (Å²) in [4.78, 5) is 14.7. The first-order valence-corrected chi connectivity index (χ1v) is 11.0. The first kappa shape index (κ1) is 21.7. The maximum Gasteiger partial charge on any atom is 0.416 e. The van der Waals surface area contributed by atoms with E-state index in [0.717, 1.165) is 62.2 Å². The van der Waals surface area contributed by atoms with E-state index >= 15 is 0 Å². The van der Waals surface area contributed by atoms with Crippen LogP contribution in [-0.2, 0) is 17.4 Å². The molecular formula is C23H28F3N3O2. The average molecular weight is 435 g/mol. The van der Waals surface area contributed by atoms with E-state index in [2.05, 4.69) is 10.2 Å². The molecule has 1 saturated heterocycles. The van der Waals surface area contributed by atoms with Gasteiger partial charge in [-0.2, -0.15) is 18.3 Å². The van der Waals surface area contributed by atoms with Crippen LogP contribution in [0.1, 0.15) is 61.4 Å². The minimum Gasteiger partial charge on any atom is -0.493 e. The number of ether oxygens (including phenoxy) is 1. The fraction of sp³-hybridized carbons (Fsp3) is 0.565. The number of carbonyl (C=O) groups is 1. The van der Waals surface area contributed by atoms with Crippen LogP contribution in [0.4, 0.5) is 13.2 Å². The molecule has 1 amide bonds. The molecule has 1 aromatic heterocycles. The molecule has 0 bridgehead atoms. The van der Waals surface area contributed by atoms with Crippen LogP contribution in [0.5, 0.6) is 5.75 Å². The summed E-state index contributed by atoms with van der Waals surface area (Å²) >= 11 is 0. The van der Waals surface area contributed by atoms with Crippen molar-refractivity contribution in [2.24, 2.45) is 5.92 Å². The van der Waals surface area contributed by atoms with Crippen LogP contribution in [0, 0.1) is 5.92 Å². The molecule has 2 heterocycles. The van der Waals surface area contributed by atoms with Crippen LogP contribution in [-0.4, -0.2) is 40.7 Å². The third-order valence-corrected chi connectivity index (χ3v) is 6.32. The number of hydrogen-bond acceptors (Lipinski definition) is 3. The van der Waals surface area contributed by atoms with Gasteiger partial charge in [0.2, 0.25) is 5.91 Å². The summed E-state index contributed by atoms with van der Waals surface area (Å²) in [6, 6.07) is 6.87. The van der Waals surface area contributed by atoms with Gasteiger partial charge in [0.25, 0.3) is 0 Å². The minimum absolute atomic E-state index is 0.190. The van der Waals surface area contributed by atoms with E-state index in [4.69, 9.17) is 4.74 Å². The number of benzene rings is 1. The van der Waals surface area contributed by atoms with Crippen molar-refractivity contribution in [1.29, 1.82) is 0 Å². The molecule has 1 aliphatic heterocycles. The summed E-state index contributed by atoms with van der Waals surface area (Å²) in [5.41, 5.74) is 1.09. The van der Waals surface area contributed by atoms with E-state index in [1.54, 1.807) is 0 Å². The van der Waals surface area contributed by atoms with Crippen molar-refractivity contribution in [1.82, 2.24) is 15.1 Å². The third kappa shape index (κ3) is 5.40. The van der Waals surface area contributed by atoms with Gasteiger partial charge in [0, 0.05) is 37.0 Å². The average Bonchev–Trinajstić information content (AvgIpc) is 3.43. The Morgan fingerprint density at radius 2 is 1.97 bits per heavy atom. The molecule has 1 atom stereocenters. The Labute approximate surface area is 180 Å². The van der Waals surface area contributed by atoms with E-state index in [1.165, 1.54) is 18.6 Å². The number of nitrogens with one attached hydrogen (secondary N) is 1. The van der Waals surface area contributed by atoms with Crippen molar-refractivity contribution in [2.75, 3.05) is 19.7 Å². The van der Waals surface area contributed by atoms with Crippen LogP contribution in [0.15, 0.2) is 30.3 Å². The number of halogens is 3. The minimum atomic E-state index is -4.38. The lowest BCUT2D eigenvalue weighted by Gasteiger charge is -2.26. The van der Waals surface area contributed by atoms with Crippen molar-refractivity contribution in [3.63, 3.8) is 0 Å². The second-order valence-electron chi connectivity index (χ2n) is 8.55. The molecule has 2 aliphatic rings. The molecule has 0 radical (unpaired) electrons. The molecule has 1 N–H and O–H groups in total. The summed E-state index contributed by atoms with van der Waals surface area (Å²) in [6.45, 7) is 1.74. The zero-order chi connectivity index (χ0) is 21.8. The van der Waals surface area contributed by atoms with Gasteiger partial charge < -0.3 is 9.64 Å². The van der Waals surface area contributed by atoms with Crippen molar-refractivity contribution < 1.29 is 22.7 Å². The SMILES string of the molecule is O=C(C1CCCCC1)N1CCC(c2cc(CCOc3cccc(C(F)(F)F)c3)[nH]n2)C1. The maximum atomic E-state index is 12.8. The molecule has 2 aromatic rings. The van der Waals surface area contributed by atoms with Gasteiger partial charge in [0.1, 0.15) is 5.75 Å².